The van der Waals surface area contributed by atoms with Gasteiger partial charge in [0.25, 0.3) is 0 Å². The molecule has 3 aliphatic carbocycles. The Morgan fingerprint density at radius 2 is 1.76 bits per heavy atom. The summed E-state index contributed by atoms with van der Waals surface area (Å²) < 4.78 is 17.4. The molecule has 3 aliphatic rings. The van der Waals surface area contributed by atoms with Crippen molar-refractivity contribution in [2.45, 2.75) is 89.3 Å². The summed E-state index contributed by atoms with van der Waals surface area (Å²) in [5.41, 5.74) is 2.59. The third-order valence-corrected chi connectivity index (χ3v) is 13.1. The normalized spacial score (nSPS) is 23.1. The van der Waals surface area contributed by atoms with Gasteiger partial charge >= 0.3 is 0 Å². The minimum Gasteiger partial charge on any atom is -0.493 e. The zero-order chi connectivity index (χ0) is 38.5. The van der Waals surface area contributed by atoms with Crippen LogP contribution in [0.15, 0.2) is 78.4 Å². The Morgan fingerprint density at radius 1 is 0.963 bits per heavy atom. The van der Waals surface area contributed by atoms with Crippen LogP contribution in [0.2, 0.25) is 0 Å². The second-order valence-corrected chi connectivity index (χ2v) is 16.5. The maximum Gasteiger partial charge on any atom is 0.227 e. The van der Waals surface area contributed by atoms with Crippen LogP contribution in [-0.4, -0.2) is 79.5 Å². The van der Waals surface area contributed by atoms with E-state index in [1.54, 1.807) is 27.4 Å². The minimum absolute atomic E-state index is 0.0329. The Kier molecular flexibility index (Phi) is 12.6. The molecule has 0 aliphatic heterocycles. The molecule has 1 fully saturated rings. The number of carbonyl (C=O) groups is 2. The molecular weight excluding hydrogens is 699 g/mol. The van der Waals surface area contributed by atoms with E-state index in [1.807, 2.05) is 53.4 Å². The number of aliphatic hydroxyl groups excluding tert-OH is 1. The van der Waals surface area contributed by atoms with E-state index in [0.717, 1.165) is 39.6 Å². The Hall–Kier alpha value is -4.02. The van der Waals surface area contributed by atoms with Gasteiger partial charge < -0.3 is 29.3 Å². The van der Waals surface area contributed by atoms with E-state index in [0.29, 0.717) is 73.6 Å². The topological polar surface area (TPSA) is 106 Å². The van der Waals surface area contributed by atoms with Crippen molar-refractivity contribution in [2.75, 3.05) is 41.0 Å². The van der Waals surface area contributed by atoms with E-state index in [1.165, 1.54) is 16.9 Å². The van der Waals surface area contributed by atoms with Gasteiger partial charge in [0.15, 0.2) is 11.5 Å². The molecule has 7 rings (SSSR count). The van der Waals surface area contributed by atoms with Gasteiger partial charge in [-0.1, -0.05) is 55.0 Å². The monoisotopic (exact) mass is 753 g/mol. The first-order chi connectivity index (χ1) is 26.0. The van der Waals surface area contributed by atoms with Crippen LogP contribution in [0.4, 0.5) is 0 Å². The highest BCUT2D eigenvalue weighted by molar-refractivity contribution is 7.21. The Bertz CT molecular complexity index is 1950. The van der Waals surface area contributed by atoms with Gasteiger partial charge in [-0.25, -0.2) is 0 Å². The zero-order valence-corrected chi connectivity index (χ0v) is 33.2. The fourth-order valence-corrected chi connectivity index (χ4v) is 9.72. The number of benzene rings is 3. The van der Waals surface area contributed by atoms with Crippen molar-refractivity contribution in [3.8, 4) is 11.5 Å². The lowest BCUT2D eigenvalue weighted by molar-refractivity contribution is -0.139. The van der Waals surface area contributed by atoms with Gasteiger partial charge in [0.2, 0.25) is 11.7 Å². The molecule has 0 saturated heterocycles. The highest BCUT2D eigenvalue weighted by atomic mass is 32.1. The molecule has 2 bridgehead atoms. The molecule has 1 amide bonds. The molecule has 8 nitrogen and oxygen atoms in total. The first kappa shape index (κ1) is 39.7. The average molecular weight is 754 g/mol. The van der Waals surface area contributed by atoms with Gasteiger partial charge in [0.1, 0.15) is 0 Å². The lowest BCUT2D eigenvalue weighted by Gasteiger charge is -2.46. The fourth-order valence-electron chi connectivity index (χ4n) is 8.71. The van der Waals surface area contributed by atoms with Crippen molar-refractivity contribution in [3.63, 3.8) is 0 Å². The summed E-state index contributed by atoms with van der Waals surface area (Å²) in [5, 5.41) is 25.1. The first-order valence-electron chi connectivity index (χ1n) is 19.2. The lowest BCUT2D eigenvalue weighted by Crippen LogP contribution is -2.54. The highest BCUT2D eigenvalue weighted by Gasteiger charge is 2.57. The summed E-state index contributed by atoms with van der Waals surface area (Å²) in [6, 6.07) is 21.6. The van der Waals surface area contributed by atoms with Crippen LogP contribution in [0, 0.1) is 5.41 Å². The SMILES string of the molecule is COCCCN(CC1(O)CCC2c3ccc(cc3C(=O)c3cc4ccccc4s3)CC(O)CCC(C)=CCCC21C)C(=O)Cc1ccc(OC)c(OC)c1. The van der Waals surface area contributed by atoms with E-state index < -0.39 is 17.1 Å². The van der Waals surface area contributed by atoms with Gasteiger partial charge in [0.05, 0.1) is 37.2 Å². The second kappa shape index (κ2) is 17.2. The van der Waals surface area contributed by atoms with Crippen LogP contribution >= 0.6 is 11.3 Å². The fraction of sp³-hybridized carbons (Fsp3) is 0.467. The molecule has 9 heteroatoms. The van der Waals surface area contributed by atoms with E-state index in [-0.39, 0.29) is 30.6 Å². The second-order valence-electron chi connectivity index (χ2n) is 15.5. The van der Waals surface area contributed by atoms with Gasteiger partial charge in [-0.2, -0.15) is 0 Å². The van der Waals surface area contributed by atoms with Crippen molar-refractivity contribution in [1.29, 1.82) is 0 Å². The molecule has 1 heterocycles. The summed E-state index contributed by atoms with van der Waals surface area (Å²) in [5.74, 6) is 0.891. The number of methoxy groups -OCH3 is 3. The molecule has 4 unspecified atom stereocenters. The molecule has 2 N–H and O–H groups in total. The molecule has 0 radical (unpaired) electrons. The molecular formula is C45H55NO7S. The Morgan fingerprint density at radius 3 is 2.52 bits per heavy atom. The van der Waals surface area contributed by atoms with Crippen molar-refractivity contribution < 1.29 is 34.0 Å². The van der Waals surface area contributed by atoms with Crippen molar-refractivity contribution in [1.82, 2.24) is 4.90 Å². The summed E-state index contributed by atoms with van der Waals surface area (Å²) >= 11 is 1.50. The maximum absolute atomic E-state index is 14.6. The molecule has 1 saturated carbocycles. The molecule has 0 spiro atoms. The predicted octanol–water partition coefficient (Wildman–Crippen LogP) is 8.30. The maximum atomic E-state index is 14.6. The lowest BCUT2D eigenvalue weighted by atomic mass is 9.64. The van der Waals surface area contributed by atoms with Gasteiger partial charge in [-0.05, 0) is 117 Å². The predicted molar refractivity (Wildman–Crippen MR) is 215 cm³/mol. The van der Waals surface area contributed by atoms with E-state index in [2.05, 4.69) is 32.1 Å². The molecule has 4 aromatic rings. The number of hydrogen-bond donors (Lipinski definition) is 2. The van der Waals surface area contributed by atoms with Crippen LogP contribution in [-0.2, 0) is 22.4 Å². The van der Waals surface area contributed by atoms with Crippen LogP contribution in [0.3, 0.4) is 0 Å². The number of hydrogen-bond acceptors (Lipinski definition) is 8. The molecule has 288 valence electrons. The number of ketones is 1. The number of aliphatic hydroxyl groups is 2. The number of ether oxygens (including phenoxy) is 3. The largest absolute Gasteiger partial charge is 0.493 e. The number of amides is 1. The van der Waals surface area contributed by atoms with Crippen molar-refractivity contribution >= 4 is 33.1 Å². The molecule has 54 heavy (non-hydrogen) atoms. The van der Waals surface area contributed by atoms with E-state index >= 15 is 0 Å². The smallest absolute Gasteiger partial charge is 0.227 e. The first-order valence-corrected chi connectivity index (χ1v) is 20.0. The van der Waals surface area contributed by atoms with E-state index in [4.69, 9.17) is 14.2 Å². The summed E-state index contributed by atoms with van der Waals surface area (Å²) in [7, 11) is 4.81. The summed E-state index contributed by atoms with van der Waals surface area (Å²) in [6.07, 6.45) is 6.92. The molecule has 1 aromatic heterocycles. The van der Waals surface area contributed by atoms with Crippen LogP contribution in [0.25, 0.3) is 10.1 Å². The Labute approximate surface area is 323 Å². The van der Waals surface area contributed by atoms with Crippen molar-refractivity contribution in [3.05, 3.63) is 106 Å². The number of allylic oxidation sites excluding steroid dienone is 2. The molecule has 3 aromatic carbocycles. The third-order valence-electron chi connectivity index (χ3n) is 12.0. The number of fused-ring (bicyclic) bond motifs is 9. The zero-order valence-electron chi connectivity index (χ0n) is 32.4. The summed E-state index contributed by atoms with van der Waals surface area (Å²) in [4.78, 5) is 31.3. The molecule has 4 atom stereocenters. The number of thiophene rings is 1. The van der Waals surface area contributed by atoms with Crippen LogP contribution in [0.5, 0.6) is 11.5 Å². The van der Waals surface area contributed by atoms with Gasteiger partial charge in [0, 0.05) is 42.5 Å². The number of rotatable bonds is 12. The van der Waals surface area contributed by atoms with E-state index in [9.17, 15) is 19.8 Å². The summed E-state index contributed by atoms with van der Waals surface area (Å²) in [6.45, 7) is 5.38. The van der Waals surface area contributed by atoms with Crippen LogP contribution < -0.4 is 9.47 Å². The van der Waals surface area contributed by atoms with Crippen molar-refractivity contribution in [2.24, 2.45) is 5.41 Å². The Balaban J connectivity index is 1.39. The standard InChI is InChI=1S/C45H55NO7S/c1-30-10-8-20-44(2)37(19-21-45(44,50)29-46(22-9-23-51-3)42(48)27-32-15-18-38(52-4)39(26-32)53-5)35-17-14-31(24-34(47)16-13-30)25-36(35)43(49)41-28-33-11-6-7-12-40(33)54-41/h6-7,10-12,14-15,17-18,25-26,28,34,37,47,50H,8-9,13,16,19-24,27,29H2,1-5H3. The quantitative estimate of drug-likeness (QED) is 0.0853. The number of carbonyl (C=O) groups excluding carboxylic acids is 2. The number of nitrogens with zero attached hydrogens (tertiary/aromatic N) is 1. The third kappa shape index (κ3) is 8.45. The van der Waals surface area contributed by atoms with Crippen LogP contribution in [0.1, 0.15) is 96.6 Å². The van der Waals surface area contributed by atoms with Gasteiger partial charge in [-0.3, -0.25) is 9.59 Å². The highest BCUT2D eigenvalue weighted by Crippen LogP contribution is 2.59. The van der Waals surface area contributed by atoms with Gasteiger partial charge in [-0.15, -0.1) is 11.3 Å². The average Bonchev–Trinajstić information content (AvgIpc) is 3.71. The minimum atomic E-state index is -1.23.